The summed E-state index contributed by atoms with van der Waals surface area (Å²) in [4.78, 5) is 4.94. The number of aromatic nitrogens is 3. The summed E-state index contributed by atoms with van der Waals surface area (Å²) in [6.07, 6.45) is 3.13. The van der Waals surface area contributed by atoms with Gasteiger partial charge in [0.25, 0.3) is 0 Å². The second-order valence-electron chi connectivity index (χ2n) is 6.90. The van der Waals surface area contributed by atoms with Gasteiger partial charge in [0.1, 0.15) is 5.75 Å². The number of benzene rings is 1. The van der Waals surface area contributed by atoms with E-state index < -0.39 is 0 Å². The molecule has 1 aliphatic rings. The van der Waals surface area contributed by atoms with Crippen LogP contribution in [-0.2, 0) is 12.8 Å². The summed E-state index contributed by atoms with van der Waals surface area (Å²) in [6.45, 7) is 6.05. The average Bonchev–Trinajstić information content (AvgIpc) is 3.18. The van der Waals surface area contributed by atoms with Gasteiger partial charge in [-0.15, -0.1) is 0 Å². The van der Waals surface area contributed by atoms with E-state index in [1.165, 1.54) is 5.56 Å². The number of aryl methyl sites for hydroxylation is 2. The molecular formula is C20H22ClN3O2. The largest absolute Gasteiger partial charge is 0.497 e. The second kappa shape index (κ2) is 6.47. The Balaban J connectivity index is 1.99. The summed E-state index contributed by atoms with van der Waals surface area (Å²) >= 11 is 6.54. The summed E-state index contributed by atoms with van der Waals surface area (Å²) < 4.78 is 13.3. The van der Waals surface area contributed by atoms with Crippen molar-refractivity contribution in [2.45, 2.75) is 46.1 Å². The monoisotopic (exact) mass is 371 g/mol. The zero-order valence-corrected chi connectivity index (χ0v) is 16.2. The quantitative estimate of drug-likeness (QED) is 0.670. The van der Waals surface area contributed by atoms with Crippen molar-refractivity contribution in [3.05, 3.63) is 40.2 Å². The fraction of sp³-hybridized carbons (Fsp3) is 0.400. The van der Waals surface area contributed by atoms with E-state index in [0.29, 0.717) is 5.02 Å². The lowest BCUT2D eigenvalue weighted by Crippen LogP contribution is -2.12. The maximum atomic E-state index is 6.54. The molecule has 0 unspecified atom stereocenters. The highest BCUT2D eigenvalue weighted by Crippen LogP contribution is 2.39. The molecular weight excluding hydrogens is 350 g/mol. The van der Waals surface area contributed by atoms with Crippen molar-refractivity contribution in [2.24, 2.45) is 0 Å². The molecule has 0 radical (unpaired) electrons. The minimum absolute atomic E-state index is 0.0721. The number of rotatable bonds is 4. The fourth-order valence-electron chi connectivity index (χ4n) is 3.58. The lowest BCUT2D eigenvalue weighted by molar-refractivity contribution is 0.224. The lowest BCUT2D eigenvalue weighted by atomic mass is 10.1. The van der Waals surface area contributed by atoms with Crippen LogP contribution in [0.25, 0.3) is 16.8 Å². The number of hydrogen-bond acceptors (Lipinski definition) is 4. The number of hydrogen-bond donors (Lipinski definition) is 0. The van der Waals surface area contributed by atoms with Crippen molar-refractivity contribution in [1.29, 1.82) is 0 Å². The molecule has 0 amide bonds. The molecule has 2 aromatic heterocycles. The van der Waals surface area contributed by atoms with Gasteiger partial charge >= 0.3 is 0 Å². The Labute approximate surface area is 157 Å². The summed E-state index contributed by atoms with van der Waals surface area (Å²) in [5.74, 6) is 1.54. The normalized spacial score (nSPS) is 13.5. The van der Waals surface area contributed by atoms with Gasteiger partial charge in [-0.1, -0.05) is 11.6 Å². The maximum Gasteiger partial charge on any atom is 0.221 e. The molecule has 2 heterocycles. The van der Waals surface area contributed by atoms with Gasteiger partial charge < -0.3 is 9.47 Å². The van der Waals surface area contributed by atoms with Crippen molar-refractivity contribution in [1.82, 2.24) is 14.6 Å². The Morgan fingerprint density at radius 2 is 2.04 bits per heavy atom. The molecule has 0 fully saturated rings. The second-order valence-corrected chi connectivity index (χ2v) is 7.31. The van der Waals surface area contributed by atoms with Crippen molar-refractivity contribution in [2.75, 3.05) is 7.11 Å². The first-order valence-corrected chi connectivity index (χ1v) is 9.29. The zero-order valence-electron chi connectivity index (χ0n) is 15.5. The predicted octanol–water partition coefficient (Wildman–Crippen LogP) is 4.64. The molecule has 0 atom stereocenters. The topological polar surface area (TPSA) is 48.7 Å². The van der Waals surface area contributed by atoms with Crippen LogP contribution in [0.4, 0.5) is 0 Å². The summed E-state index contributed by atoms with van der Waals surface area (Å²) in [5.41, 5.74) is 5.81. The first kappa shape index (κ1) is 17.2. The predicted molar refractivity (Wildman–Crippen MR) is 103 cm³/mol. The van der Waals surface area contributed by atoms with E-state index in [9.17, 15) is 0 Å². The molecule has 5 nitrogen and oxygen atoms in total. The lowest BCUT2D eigenvalue weighted by Gasteiger charge is -2.15. The Hall–Kier alpha value is -2.27. The molecule has 3 aromatic rings. The standard InChI is InChI=1S/C20H22ClN3O2/c1-11(2)26-20-15-6-5-7-17(15)22-19-18(12(3)23-24(19)20)14-9-8-13(25-4)10-16(14)21/h8-11H,5-7H2,1-4H3. The Morgan fingerprint density at radius 3 is 2.73 bits per heavy atom. The number of fused-ring (bicyclic) bond motifs is 2. The number of ether oxygens (including phenoxy) is 2. The smallest absolute Gasteiger partial charge is 0.221 e. The molecule has 0 aliphatic heterocycles. The van der Waals surface area contributed by atoms with Crippen molar-refractivity contribution < 1.29 is 9.47 Å². The van der Waals surface area contributed by atoms with Crippen LogP contribution in [0.2, 0.25) is 5.02 Å². The molecule has 1 aromatic carbocycles. The van der Waals surface area contributed by atoms with Gasteiger partial charge in [0.15, 0.2) is 5.65 Å². The van der Waals surface area contributed by atoms with Crippen molar-refractivity contribution in [3.8, 4) is 22.8 Å². The molecule has 0 spiro atoms. The molecule has 136 valence electrons. The van der Waals surface area contributed by atoms with Gasteiger partial charge in [0.05, 0.1) is 35.2 Å². The van der Waals surface area contributed by atoms with E-state index in [1.807, 2.05) is 43.5 Å². The highest BCUT2D eigenvalue weighted by Gasteiger charge is 2.26. The van der Waals surface area contributed by atoms with E-state index in [-0.39, 0.29) is 6.10 Å². The van der Waals surface area contributed by atoms with E-state index in [4.69, 9.17) is 31.2 Å². The van der Waals surface area contributed by atoms with Crippen LogP contribution in [0, 0.1) is 6.92 Å². The van der Waals surface area contributed by atoms with E-state index in [0.717, 1.165) is 59.1 Å². The fourth-order valence-corrected chi connectivity index (χ4v) is 3.85. The molecule has 4 rings (SSSR count). The van der Waals surface area contributed by atoms with Crippen LogP contribution in [0.15, 0.2) is 18.2 Å². The first-order valence-electron chi connectivity index (χ1n) is 8.91. The number of methoxy groups -OCH3 is 1. The summed E-state index contributed by atoms with van der Waals surface area (Å²) in [5, 5.41) is 5.36. The minimum Gasteiger partial charge on any atom is -0.497 e. The van der Waals surface area contributed by atoms with Crippen LogP contribution < -0.4 is 9.47 Å². The van der Waals surface area contributed by atoms with Crippen molar-refractivity contribution >= 4 is 17.2 Å². The van der Waals surface area contributed by atoms with Crippen LogP contribution in [0.3, 0.4) is 0 Å². The molecule has 0 saturated carbocycles. The van der Waals surface area contributed by atoms with Crippen molar-refractivity contribution in [3.63, 3.8) is 0 Å². The third-order valence-corrected chi connectivity index (χ3v) is 5.02. The van der Waals surface area contributed by atoms with Gasteiger partial charge in [-0.05, 0) is 58.2 Å². The molecule has 0 bridgehead atoms. The summed E-state index contributed by atoms with van der Waals surface area (Å²) in [7, 11) is 1.63. The Bertz CT molecular complexity index is 995. The van der Waals surface area contributed by atoms with E-state index >= 15 is 0 Å². The molecule has 1 aliphatic carbocycles. The Morgan fingerprint density at radius 1 is 1.23 bits per heavy atom. The molecule has 0 N–H and O–H groups in total. The van der Waals surface area contributed by atoms with Gasteiger partial charge in [-0.3, -0.25) is 0 Å². The highest BCUT2D eigenvalue weighted by atomic mass is 35.5. The van der Waals surface area contributed by atoms with Gasteiger partial charge in [0, 0.05) is 11.1 Å². The molecule has 26 heavy (non-hydrogen) atoms. The van der Waals surface area contributed by atoms with Gasteiger partial charge in [-0.2, -0.15) is 9.61 Å². The third-order valence-electron chi connectivity index (χ3n) is 4.71. The highest BCUT2D eigenvalue weighted by molar-refractivity contribution is 6.33. The number of nitrogens with zero attached hydrogens (tertiary/aromatic N) is 3. The summed E-state index contributed by atoms with van der Waals surface area (Å²) in [6, 6.07) is 5.69. The van der Waals surface area contributed by atoms with E-state index in [1.54, 1.807) is 7.11 Å². The van der Waals surface area contributed by atoms with Gasteiger partial charge in [-0.25, -0.2) is 4.98 Å². The van der Waals surface area contributed by atoms with Crippen LogP contribution in [-0.4, -0.2) is 27.8 Å². The first-order chi connectivity index (χ1) is 12.5. The van der Waals surface area contributed by atoms with Crippen LogP contribution in [0.5, 0.6) is 11.6 Å². The average molecular weight is 372 g/mol. The molecule has 0 saturated heterocycles. The van der Waals surface area contributed by atoms with Crippen LogP contribution >= 0.6 is 11.6 Å². The SMILES string of the molecule is COc1ccc(-c2c(C)nn3c(OC(C)C)c4c(nc23)CCC4)c(Cl)c1. The number of halogens is 1. The molecule has 6 heteroatoms. The van der Waals surface area contributed by atoms with Crippen LogP contribution in [0.1, 0.15) is 37.2 Å². The minimum atomic E-state index is 0.0721. The Kier molecular flexibility index (Phi) is 4.27. The third kappa shape index (κ3) is 2.71. The zero-order chi connectivity index (χ0) is 18.4. The maximum absolute atomic E-state index is 6.54. The van der Waals surface area contributed by atoms with Gasteiger partial charge in [0.2, 0.25) is 5.88 Å². The van der Waals surface area contributed by atoms with E-state index in [2.05, 4.69) is 0 Å².